The van der Waals surface area contributed by atoms with Gasteiger partial charge in [-0.15, -0.1) is 0 Å². The first-order valence-corrected chi connectivity index (χ1v) is 7.30. The number of hydrogen-bond acceptors (Lipinski definition) is 1. The average Bonchev–Trinajstić information content (AvgIpc) is 2.63. The molecule has 0 saturated carbocycles. The highest BCUT2D eigenvalue weighted by Crippen LogP contribution is 2.24. The smallest absolute Gasteiger partial charge is 0.220 e. The van der Waals surface area contributed by atoms with Gasteiger partial charge in [0.25, 0.3) is 0 Å². The van der Waals surface area contributed by atoms with E-state index in [1.165, 1.54) is 22.2 Å². The van der Waals surface area contributed by atoms with Gasteiger partial charge in [0.2, 0.25) is 5.91 Å². The Morgan fingerprint density at radius 3 is 2.70 bits per heavy atom. The van der Waals surface area contributed by atoms with Crippen molar-refractivity contribution in [1.82, 2.24) is 9.88 Å². The Morgan fingerprint density at radius 2 is 2.00 bits per heavy atom. The van der Waals surface area contributed by atoms with Crippen LogP contribution >= 0.6 is 0 Å². The second-order valence-corrected chi connectivity index (χ2v) is 5.84. The van der Waals surface area contributed by atoms with Crippen molar-refractivity contribution in [2.24, 2.45) is 13.0 Å². The molecule has 108 valence electrons. The van der Waals surface area contributed by atoms with Crippen LogP contribution in [-0.2, 0) is 18.3 Å². The molecule has 0 aliphatic carbocycles. The minimum atomic E-state index is 0.151. The molecule has 1 N–H and O–H groups in total. The molecular weight excluding hydrogens is 248 g/mol. The lowest BCUT2D eigenvalue weighted by molar-refractivity contribution is -0.121. The van der Waals surface area contributed by atoms with E-state index in [-0.39, 0.29) is 5.91 Å². The Morgan fingerprint density at radius 1 is 1.30 bits per heavy atom. The van der Waals surface area contributed by atoms with Gasteiger partial charge in [0.05, 0.1) is 0 Å². The molecule has 2 rings (SSSR count). The lowest BCUT2D eigenvalue weighted by atomic mass is 10.1. The van der Waals surface area contributed by atoms with E-state index < -0.39 is 0 Å². The molecule has 1 heterocycles. The van der Waals surface area contributed by atoms with Gasteiger partial charge in [0, 0.05) is 36.6 Å². The third kappa shape index (κ3) is 3.03. The summed E-state index contributed by atoms with van der Waals surface area (Å²) >= 11 is 0. The normalized spacial score (nSPS) is 11.2. The topological polar surface area (TPSA) is 34.0 Å². The van der Waals surface area contributed by atoms with Crippen molar-refractivity contribution in [1.29, 1.82) is 0 Å². The van der Waals surface area contributed by atoms with E-state index in [0.717, 1.165) is 6.42 Å². The number of nitrogens with one attached hydrogen (secondary N) is 1. The second kappa shape index (κ2) is 6.12. The van der Waals surface area contributed by atoms with E-state index in [2.05, 4.69) is 62.0 Å². The number of benzene rings is 1. The number of carbonyl (C=O) groups excluding carboxylic acids is 1. The van der Waals surface area contributed by atoms with Gasteiger partial charge in [-0.25, -0.2) is 0 Å². The highest BCUT2D eigenvalue weighted by Gasteiger charge is 2.11. The molecule has 1 aromatic carbocycles. The first-order chi connectivity index (χ1) is 9.50. The average molecular weight is 272 g/mol. The molecule has 0 aliphatic heterocycles. The zero-order valence-electron chi connectivity index (χ0n) is 12.9. The van der Waals surface area contributed by atoms with E-state index >= 15 is 0 Å². The maximum absolute atomic E-state index is 11.7. The first-order valence-electron chi connectivity index (χ1n) is 7.30. The summed E-state index contributed by atoms with van der Waals surface area (Å²) in [6.07, 6.45) is 1.49. The highest BCUT2D eigenvalue weighted by molar-refractivity contribution is 5.85. The molecule has 20 heavy (non-hydrogen) atoms. The van der Waals surface area contributed by atoms with E-state index in [9.17, 15) is 4.79 Å². The van der Waals surface area contributed by atoms with Crippen LogP contribution in [0.4, 0.5) is 0 Å². The van der Waals surface area contributed by atoms with E-state index in [1.807, 2.05) is 0 Å². The number of fused-ring (bicyclic) bond motifs is 1. The van der Waals surface area contributed by atoms with Gasteiger partial charge < -0.3 is 9.88 Å². The van der Waals surface area contributed by atoms with Gasteiger partial charge in [0.15, 0.2) is 0 Å². The number of rotatable bonds is 5. The fraction of sp³-hybridized carbons (Fsp3) is 0.471. The summed E-state index contributed by atoms with van der Waals surface area (Å²) in [7, 11) is 2.10. The van der Waals surface area contributed by atoms with Gasteiger partial charge in [-0.3, -0.25) is 4.79 Å². The summed E-state index contributed by atoms with van der Waals surface area (Å²) < 4.78 is 2.22. The third-order valence-electron chi connectivity index (χ3n) is 3.82. The van der Waals surface area contributed by atoms with Crippen LogP contribution in [0.15, 0.2) is 24.3 Å². The van der Waals surface area contributed by atoms with Crippen LogP contribution < -0.4 is 5.32 Å². The molecule has 3 heteroatoms. The van der Waals surface area contributed by atoms with Crippen LogP contribution in [0.5, 0.6) is 0 Å². The number of hydrogen-bond donors (Lipinski definition) is 1. The van der Waals surface area contributed by atoms with Crippen LogP contribution in [0.3, 0.4) is 0 Å². The van der Waals surface area contributed by atoms with Crippen molar-refractivity contribution in [3.8, 4) is 0 Å². The molecule has 0 bridgehead atoms. The molecule has 0 radical (unpaired) electrons. The van der Waals surface area contributed by atoms with Crippen LogP contribution in [0, 0.1) is 12.8 Å². The van der Waals surface area contributed by atoms with E-state index in [1.54, 1.807) is 0 Å². The molecule has 0 spiro atoms. The van der Waals surface area contributed by atoms with Crippen molar-refractivity contribution < 1.29 is 4.79 Å². The number of amides is 1. The summed E-state index contributed by atoms with van der Waals surface area (Å²) in [5, 5.41) is 4.31. The van der Waals surface area contributed by atoms with Crippen molar-refractivity contribution in [2.45, 2.75) is 33.6 Å². The lowest BCUT2D eigenvalue weighted by Gasteiger charge is -2.07. The van der Waals surface area contributed by atoms with Crippen molar-refractivity contribution >= 4 is 16.8 Å². The van der Waals surface area contributed by atoms with Gasteiger partial charge in [0.1, 0.15) is 0 Å². The van der Waals surface area contributed by atoms with Crippen LogP contribution in [0.25, 0.3) is 10.9 Å². The molecular formula is C17H24N2O. The predicted octanol–water partition coefficient (Wildman–Crippen LogP) is 3.19. The molecule has 0 unspecified atom stereocenters. The summed E-state index contributed by atoms with van der Waals surface area (Å²) in [6, 6.07) is 8.44. The van der Waals surface area contributed by atoms with Gasteiger partial charge in [-0.2, -0.15) is 0 Å². The quantitative estimate of drug-likeness (QED) is 0.891. The number of aromatic nitrogens is 1. The SMILES string of the molecule is Cc1c(CCNC(=O)CC(C)C)c2ccccc2n1C. The first kappa shape index (κ1) is 14.6. The molecule has 0 saturated heterocycles. The lowest BCUT2D eigenvalue weighted by Crippen LogP contribution is -2.26. The summed E-state index contributed by atoms with van der Waals surface area (Å²) in [5.74, 6) is 0.562. The largest absolute Gasteiger partial charge is 0.356 e. The van der Waals surface area contributed by atoms with E-state index in [0.29, 0.717) is 18.9 Å². The number of para-hydroxylation sites is 1. The standard InChI is InChI=1S/C17H24N2O/c1-12(2)11-17(20)18-10-9-14-13(3)19(4)16-8-6-5-7-15(14)16/h5-8,12H,9-11H2,1-4H3,(H,18,20). The van der Waals surface area contributed by atoms with Gasteiger partial charge >= 0.3 is 0 Å². The van der Waals surface area contributed by atoms with Crippen LogP contribution in [0.2, 0.25) is 0 Å². The zero-order chi connectivity index (χ0) is 14.7. The minimum Gasteiger partial charge on any atom is -0.356 e. The fourth-order valence-corrected chi connectivity index (χ4v) is 2.68. The van der Waals surface area contributed by atoms with Gasteiger partial charge in [-0.05, 0) is 30.9 Å². The highest BCUT2D eigenvalue weighted by atomic mass is 16.1. The van der Waals surface area contributed by atoms with Gasteiger partial charge in [-0.1, -0.05) is 32.0 Å². The monoisotopic (exact) mass is 272 g/mol. The van der Waals surface area contributed by atoms with Crippen LogP contribution in [0.1, 0.15) is 31.5 Å². The molecule has 0 aliphatic rings. The minimum absolute atomic E-state index is 0.151. The molecule has 1 amide bonds. The zero-order valence-corrected chi connectivity index (χ0v) is 12.9. The number of nitrogens with zero attached hydrogens (tertiary/aromatic N) is 1. The predicted molar refractivity (Wildman–Crippen MR) is 83.8 cm³/mol. The summed E-state index contributed by atoms with van der Waals surface area (Å²) in [6.45, 7) is 6.98. The van der Waals surface area contributed by atoms with Crippen molar-refractivity contribution in [3.63, 3.8) is 0 Å². The Labute approximate surface area is 121 Å². The molecule has 1 aromatic heterocycles. The molecule has 3 nitrogen and oxygen atoms in total. The maximum atomic E-state index is 11.7. The Hall–Kier alpha value is -1.77. The number of carbonyl (C=O) groups is 1. The summed E-state index contributed by atoms with van der Waals surface area (Å²) in [4.78, 5) is 11.7. The molecule has 2 aromatic rings. The van der Waals surface area contributed by atoms with E-state index in [4.69, 9.17) is 0 Å². The Kier molecular flexibility index (Phi) is 4.48. The molecule has 0 fully saturated rings. The fourth-order valence-electron chi connectivity index (χ4n) is 2.68. The van der Waals surface area contributed by atoms with Crippen LogP contribution in [-0.4, -0.2) is 17.0 Å². The molecule has 0 atom stereocenters. The Balaban J connectivity index is 2.07. The van der Waals surface area contributed by atoms with Crippen molar-refractivity contribution in [3.05, 3.63) is 35.5 Å². The Bertz CT molecular complexity index is 611. The second-order valence-electron chi connectivity index (χ2n) is 5.84. The maximum Gasteiger partial charge on any atom is 0.220 e. The van der Waals surface area contributed by atoms with Crippen molar-refractivity contribution in [2.75, 3.05) is 6.54 Å². The summed E-state index contributed by atoms with van der Waals surface area (Å²) in [5.41, 5.74) is 3.88. The third-order valence-corrected chi connectivity index (χ3v) is 3.82. The number of aryl methyl sites for hydroxylation is 1.